The first-order valence-electron chi connectivity index (χ1n) is 12.3. The molecule has 0 spiro atoms. The van der Waals surface area contributed by atoms with Crippen LogP contribution in [0.5, 0.6) is 5.75 Å². The molecule has 37 heavy (non-hydrogen) atoms. The zero-order valence-corrected chi connectivity index (χ0v) is 21.8. The number of nitrogens with one attached hydrogen (secondary N) is 1. The second-order valence-electron chi connectivity index (χ2n) is 8.99. The Balaban J connectivity index is 0.000000604. The maximum absolute atomic E-state index is 12.4. The number of rotatable bonds is 10. The number of likely N-dealkylation sites (tertiary alicyclic amines) is 1. The number of aliphatic hydroxyl groups excluding tert-OH is 1. The largest absolute Gasteiger partial charge is 0.573 e. The Morgan fingerprint density at radius 3 is 2.35 bits per heavy atom. The molecular formula is C28H36F3N3O3. The van der Waals surface area contributed by atoms with E-state index in [1.807, 2.05) is 19.9 Å². The summed E-state index contributed by atoms with van der Waals surface area (Å²) in [5.41, 5.74) is 3.86. The van der Waals surface area contributed by atoms with Crippen LogP contribution in [0.15, 0.2) is 55.3 Å². The number of carbonyl (C=O) groups excluding carboxylic acids is 1. The number of pyridine rings is 1. The molecular weight excluding hydrogens is 483 g/mol. The number of ether oxygens (including phenoxy) is 1. The third-order valence-electron chi connectivity index (χ3n) is 5.64. The molecule has 1 aromatic heterocycles. The summed E-state index contributed by atoms with van der Waals surface area (Å²) >= 11 is 0. The number of hydrogen-bond donors (Lipinski definition) is 2. The van der Waals surface area contributed by atoms with E-state index in [4.69, 9.17) is 0 Å². The fourth-order valence-electron chi connectivity index (χ4n) is 3.78. The van der Waals surface area contributed by atoms with E-state index in [1.54, 1.807) is 6.20 Å². The van der Waals surface area contributed by atoms with E-state index < -0.39 is 6.36 Å². The smallest absolute Gasteiger partial charge is 0.406 e. The fourth-order valence-corrected chi connectivity index (χ4v) is 3.78. The average Bonchev–Trinajstić information content (AvgIpc) is 2.82. The number of aliphatic hydroxyl groups is 1. The fraction of sp³-hybridized carbons (Fsp3) is 0.429. The van der Waals surface area contributed by atoms with Crippen LogP contribution in [0.3, 0.4) is 0 Å². The van der Waals surface area contributed by atoms with E-state index in [0.717, 1.165) is 29.5 Å². The molecule has 2 N–H and O–H groups in total. The van der Waals surface area contributed by atoms with Crippen LogP contribution in [0.25, 0.3) is 5.57 Å². The van der Waals surface area contributed by atoms with Gasteiger partial charge in [-0.05, 0) is 60.4 Å². The Morgan fingerprint density at radius 2 is 1.89 bits per heavy atom. The van der Waals surface area contributed by atoms with E-state index in [9.17, 15) is 23.1 Å². The first kappa shape index (κ1) is 30.1. The van der Waals surface area contributed by atoms with Gasteiger partial charge in [-0.1, -0.05) is 40.3 Å². The van der Waals surface area contributed by atoms with Crippen LogP contribution in [-0.2, 0) is 11.3 Å². The Hall–Kier alpha value is -3.17. The number of benzene rings is 1. The van der Waals surface area contributed by atoms with Gasteiger partial charge in [-0.2, -0.15) is 0 Å². The number of halogens is 3. The van der Waals surface area contributed by atoms with Crippen molar-refractivity contribution < 1.29 is 27.8 Å². The maximum Gasteiger partial charge on any atom is 0.573 e. The van der Waals surface area contributed by atoms with Crippen molar-refractivity contribution in [3.8, 4) is 5.75 Å². The van der Waals surface area contributed by atoms with Gasteiger partial charge in [0.05, 0.1) is 6.10 Å². The van der Waals surface area contributed by atoms with Crippen molar-refractivity contribution in [3.05, 3.63) is 66.4 Å². The van der Waals surface area contributed by atoms with Crippen LogP contribution in [0.4, 0.5) is 24.7 Å². The molecule has 0 aliphatic carbocycles. The average molecular weight is 520 g/mol. The first-order chi connectivity index (χ1) is 17.5. The molecule has 1 aliphatic rings. The quantitative estimate of drug-likeness (QED) is 0.349. The van der Waals surface area contributed by atoms with Gasteiger partial charge >= 0.3 is 6.36 Å². The van der Waals surface area contributed by atoms with Gasteiger partial charge in [0.25, 0.3) is 0 Å². The normalized spacial score (nSPS) is 14.5. The van der Waals surface area contributed by atoms with E-state index >= 15 is 0 Å². The van der Waals surface area contributed by atoms with Gasteiger partial charge in [-0.3, -0.25) is 9.69 Å². The van der Waals surface area contributed by atoms with Gasteiger partial charge in [0.2, 0.25) is 0 Å². The summed E-state index contributed by atoms with van der Waals surface area (Å²) < 4.78 is 41.1. The lowest BCUT2D eigenvalue weighted by Gasteiger charge is -2.36. The number of carbonyl (C=O) groups is 1. The zero-order chi connectivity index (χ0) is 27.6. The molecule has 1 saturated heterocycles. The standard InChI is InChI=1S/C22H26F3N3O2.C6H10O/c1-3-5-15(4-2)20-16(12-28-13-18(29)14-28)10-11-26-21(20)27-17-6-8-19(9-7-17)30-22(23,24)25;1-4-6(7)5(2)3/h5-11,18,29H,3-4,12-14H2,1-2H3,(H,26,27);4-5H,1H2,2-3H3/b15-5+;. The first-order valence-corrected chi connectivity index (χ1v) is 12.3. The molecule has 202 valence electrons. The van der Waals surface area contributed by atoms with Gasteiger partial charge in [0.1, 0.15) is 11.6 Å². The van der Waals surface area contributed by atoms with Gasteiger partial charge in [0, 0.05) is 43.0 Å². The summed E-state index contributed by atoms with van der Waals surface area (Å²) in [5, 5.41) is 12.8. The van der Waals surface area contributed by atoms with Crippen molar-refractivity contribution in [1.29, 1.82) is 0 Å². The number of hydrogen-bond acceptors (Lipinski definition) is 6. The second kappa shape index (κ2) is 13.9. The van der Waals surface area contributed by atoms with Crippen LogP contribution in [0.2, 0.25) is 0 Å². The predicted octanol–water partition coefficient (Wildman–Crippen LogP) is 6.50. The highest BCUT2D eigenvalue weighted by molar-refractivity contribution is 5.90. The molecule has 0 saturated carbocycles. The van der Waals surface area contributed by atoms with E-state index in [2.05, 4.69) is 46.4 Å². The molecule has 1 aromatic carbocycles. The second-order valence-corrected chi connectivity index (χ2v) is 8.99. The minimum atomic E-state index is -4.72. The van der Waals surface area contributed by atoms with Crippen LogP contribution < -0.4 is 10.1 Å². The lowest BCUT2D eigenvalue weighted by Crippen LogP contribution is -2.49. The molecule has 6 nitrogen and oxygen atoms in total. The molecule has 0 bridgehead atoms. The number of alkyl halides is 3. The molecule has 0 radical (unpaired) electrons. The van der Waals surface area contributed by atoms with Crippen molar-refractivity contribution in [2.24, 2.45) is 5.92 Å². The summed E-state index contributed by atoms with van der Waals surface area (Å²) in [6, 6.07) is 7.57. The lowest BCUT2D eigenvalue weighted by atomic mass is 9.96. The summed E-state index contributed by atoms with van der Waals surface area (Å²) in [5.74, 6) is 0.601. The van der Waals surface area contributed by atoms with Crippen molar-refractivity contribution in [2.75, 3.05) is 18.4 Å². The third-order valence-corrected chi connectivity index (χ3v) is 5.64. The predicted molar refractivity (Wildman–Crippen MR) is 141 cm³/mol. The molecule has 3 rings (SSSR count). The van der Waals surface area contributed by atoms with E-state index in [-0.39, 0.29) is 23.6 Å². The number of allylic oxidation sites excluding steroid dienone is 3. The van der Waals surface area contributed by atoms with Crippen LogP contribution in [0, 0.1) is 5.92 Å². The summed E-state index contributed by atoms with van der Waals surface area (Å²) in [6.45, 7) is 13.2. The zero-order valence-electron chi connectivity index (χ0n) is 21.8. The molecule has 2 aromatic rings. The van der Waals surface area contributed by atoms with Crippen LogP contribution >= 0.6 is 0 Å². The number of nitrogens with zero attached hydrogens (tertiary/aromatic N) is 2. The topological polar surface area (TPSA) is 74.7 Å². The molecule has 1 fully saturated rings. The van der Waals surface area contributed by atoms with Gasteiger partial charge < -0.3 is 15.2 Å². The van der Waals surface area contributed by atoms with Crippen molar-refractivity contribution in [2.45, 2.75) is 59.5 Å². The SMILES string of the molecule is C=CC(=O)C(C)C.CC/C=C(\CC)c1c(CN2CC(O)C2)ccnc1Nc1ccc(OC(F)(F)F)cc1. The van der Waals surface area contributed by atoms with Crippen molar-refractivity contribution in [3.63, 3.8) is 0 Å². The van der Waals surface area contributed by atoms with Gasteiger partial charge in [0.15, 0.2) is 5.78 Å². The Morgan fingerprint density at radius 1 is 1.24 bits per heavy atom. The monoisotopic (exact) mass is 519 g/mol. The summed E-state index contributed by atoms with van der Waals surface area (Å²) in [4.78, 5) is 17.1. The molecule has 2 heterocycles. The highest BCUT2D eigenvalue weighted by Crippen LogP contribution is 2.33. The number of aromatic nitrogens is 1. The Labute approximate surface area is 216 Å². The molecule has 9 heteroatoms. The number of ketones is 1. The maximum atomic E-state index is 12.4. The molecule has 0 amide bonds. The Bertz CT molecular complexity index is 1060. The molecule has 1 aliphatic heterocycles. The minimum Gasteiger partial charge on any atom is -0.406 e. The van der Waals surface area contributed by atoms with E-state index in [1.165, 1.54) is 30.3 Å². The van der Waals surface area contributed by atoms with Crippen LogP contribution in [0.1, 0.15) is 51.7 Å². The lowest BCUT2D eigenvalue weighted by molar-refractivity contribution is -0.274. The van der Waals surface area contributed by atoms with Crippen molar-refractivity contribution in [1.82, 2.24) is 9.88 Å². The van der Waals surface area contributed by atoms with Gasteiger partial charge in [-0.15, -0.1) is 13.2 Å². The summed E-state index contributed by atoms with van der Waals surface area (Å²) in [6.07, 6.45) is 1.94. The number of β-amino-alcohol motifs (C(OH)–C–C–N with tert-alkyl or cyclic N) is 1. The van der Waals surface area contributed by atoms with Gasteiger partial charge in [-0.25, -0.2) is 4.98 Å². The van der Waals surface area contributed by atoms with Crippen molar-refractivity contribution >= 4 is 22.9 Å². The third kappa shape index (κ3) is 9.66. The van der Waals surface area contributed by atoms with Crippen LogP contribution in [-0.4, -0.2) is 46.3 Å². The Kier molecular flexibility index (Phi) is 11.3. The minimum absolute atomic E-state index is 0.109. The number of anilines is 2. The highest BCUT2D eigenvalue weighted by Gasteiger charge is 2.31. The summed E-state index contributed by atoms with van der Waals surface area (Å²) in [7, 11) is 0. The van der Waals surface area contributed by atoms with E-state index in [0.29, 0.717) is 31.1 Å². The molecule has 0 atom stereocenters. The molecule has 0 unspecified atom stereocenters. The highest BCUT2D eigenvalue weighted by atomic mass is 19.4.